The van der Waals surface area contributed by atoms with Gasteiger partial charge in [-0.2, -0.15) is 0 Å². The van der Waals surface area contributed by atoms with Crippen molar-refractivity contribution in [3.05, 3.63) is 122 Å². The number of unbranched alkanes of at least 4 members (excludes halogenated alkanes) is 19. The van der Waals surface area contributed by atoms with E-state index in [1.807, 2.05) is 72.9 Å². The lowest BCUT2D eigenvalue weighted by Gasteiger charge is -2.18. The lowest BCUT2D eigenvalue weighted by molar-refractivity contribution is -0.167. The van der Waals surface area contributed by atoms with Crippen molar-refractivity contribution >= 4 is 17.9 Å². The lowest BCUT2D eigenvalue weighted by atomic mass is 10.1. The van der Waals surface area contributed by atoms with Gasteiger partial charge in [0.15, 0.2) is 6.10 Å². The number of esters is 3. The van der Waals surface area contributed by atoms with Gasteiger partial charge in [0.05, 0.1) is 0 Å². The largest absolute Gasteiger partial charge is 0.462 e. The molecule has 0 aromatic carbocycles. The lowest BCUT2D eigenvalue weighted by Crippen LogP contribution is -2.30. The monoisotopic (exact) mass is 871 g/mol. The van der Waals surface area contributed by atoms with Crippen molar-refractivity contribution in [2.24, 2.45) is 0 Å². The molecule has 0 spiro atoms. The molecule has 0 fully saturated rings. The molecule has 1 unspecified atom stereocenters. The molecule has 1 atom stereocenters. The summed E-state index contributed by atoms with van der Waals surface area (Å²) in [6.45, 7) is 6.35. The van der Waals surface area contributed by atoms with E-state index in [0.29, 0.717) is 12.8 Å². The van der Waals surface area contributed by atoms with Crippen LogP contribution in [0.4, 0.5) is 0 Å². The van der Waals surface area contributed by atoms with Gasteiger partial charge >= 0.3 is 17.9 Å². The van der Waals surface area contributed by atoms with Crippen LogP contribution in [0.2, 0.25) is 0 Å². The molecule has 0 aliphatic rings. The standard InChI is InChI=1S/C57H90O6/c1-4-7-10-13-16-19-22-24-26-28-29-30-32-33-35-38-41-44-47-50-56(59)62-53-54(52-61-55(58)49-46-43-40-37-21-18-15-12-9-6-3)63-57(60)51-48-45-42-39-36-34-31-27-25-23-20-17-14-11-8-5-2/h7,10,13,15-16,18-19,22,24,26-36,54H,4-6,8-9,11-12,14,17,20-21,23,25,37-53H2,1-3H3/b10-7-,16-13-,18-15-,22-19-,26-24-,29-28+,31-27-,32-30-,35-33-,36-34-. The minimum absolute atomic E-state index is 0.114. The Balaban J connectivity index is 4.54. The third-order valence-electron chi connectivity index (χ3n) is 10.1. The van der Waals surface area contributed by atoms with E-state index in [1.165, 1.54) is 57.8 Å². The second kappa shape index (κ2) is 50.5. The zero-order valence-electron chi connectivity index (χ0n) is 40.3. The number of hydrogen-bond donors (Lipinski definition) is 0. The van der Waals surface area contributed by atoms with Gasteiger partial charge < -0.3 is 14.2 Å². The number of carbonyl (C=O) groups is 3. The maximum Gasteiger partial charge on any atom is 0.306 e. The van der Waals surface area contributed by atoms with Gasteiger partial charge in [-0.25, -0.2) is 0 Å². The van der Waals surface area contributed by atoms with Crippen molar-refractivity contribution in [1.82, 2.24) is 0 Å². The molecule has 6 nitrogen and oxygen atoms in total. The quantitative estimate of drug-likeness (QED) is 0.0200. The highest BCUT2D eigenvalue weighted by atomic mass is 16.6. The molecule has 0 saturated carbocycles. The predicted octanol–water partition coefficient (Wildman–Crippen LogP) is 16.5. The van der Waals surface area contributed by atoms with Crippen molar-refractivity contribution in [2.75, 3.05) is 13.2 Å². The molecule has 0 aliphatic carbocycles. The van der Waals surface area contributed by atoms with Gasteiger partial charge in [-0.05, 0) is 83.5 Å². The topological polar surface area (TPSA) is 78.9 Å². The number of rotatable bonds is 43. The molecule has 0 aromatic heterocycles. The van der Waals surface area contributed by atoms with E-state index in [9.17, 15) is 14.4 Å². The average molecular weight is 871 g/mol. The Morgan fingerprint density at radius 1 is 0.333 bits per heavy atom. The molecular weight excluding hydrogens is 781 g/mol. The Morgan fingerprint density at radius 3 is 1.10 bits per heavy atom. The fraction of sp³-hybridized carbons (Fsp3) is 0.596. The highest BCUT2D eigenvalue weighted by Gasteiger charge is 2.19. The van der Waals surface area contributed by atoms with Gasteiger partial charge in [0.2, 0.25) is 0 Å². The van der Waals surface area contributed by atoms with Crippen LogP contribution in [0.1, 0.15) is 201 Å². The van der Waals surface area contributed by atoms with E-state index >= 15 is 0 Å². The molecule has 354 valence electrons. The molecule has 0 amide bonds. The Bertz CT molecular complexity index is 1370. The van der Waals surface area contributed by atoms with Crippen LogP contribution >= 0.6 is 0 Å². The van der Waals surface area contributed by atoms with Crippen molar-refractivity contribution in [3.8, 4) is 0 Å². The summed E-state index contributed by atoms with van der Waals surface area (Å²) in [5.41, 5.74) is 0. The van der Waals surface area contributed by atoms with Crippen LogP contribution < -0.4 is 0 Å². The first-order valence-corrected chi connectivity index (χ1v) is 25.2. The molecule has 63 heavy (non-hydrogen) atoms. The van der Waals surface area contributed by atoms with Gasteiger partial charge in [-0.15, -0.1) is 0 Å². The molecule has 0 N–H and O–H groups in total. The van der Waals surface area contributed by atoms with E-state index in [1.54, 1.807) is 0 Å². The van der Waals surface area contributed by atoms with Gasteiger partial charge in [0, 0.05) is 19.3 Å². The van der Waals surface area contributed by atoms with Crippen LogP contribution in [0.3, 0.4) is 0 Å². The van der Waals surface area contributed by atoms with Crippen LogP contribution in [-0.4, -0.2) is 37.2 Å². The molecule has 0 rings (SSSR count). The molecule has 6 heteroatoms. The zero-order chi connectivity index (χ0) is 45.8. The van der Waals surface area contributed by atoms with E-state index in [-0.39, 0.29) is 37.5 Å². The van der Waals surface area contributed by atoms with E-state index in [2.05, 4.69) is 69.4 Å². The fourth-order valence-electron chi connectivity index (χ4n) is 6.34. The number of allylic oxidation sites excluding steroid dienone is 20. The fourth-order valence-corrected chi connectivity index (χ4v) is 6.34. The van der Waals surface area contributed by atoms with E-state index in [0.717, 1.165) is 103 Å². The van der Waals surface area contributed by atoms with E-state index in [4.69, 9.17) is 14.2 Å². The first-order chi connectivity index (χ1) is 31.0. The molecular formula is C57H90O6. The predicted molar refractivity (Wildman–Crippen MR) is 269 cm³/mol. The van der Waals surface area contributed by atoms with Crippen molar-refractivity contribution in [1.29, 1.82) is 0 Å². The molecule has 0 saturated heterocycles. The summed E-state index contributed by atoms with van der Waals surface area (Å²) in [5.74, 6) is -1.01. The highest BCUT2D eigenvalue weighted by molar-refractivity contribution is 5.71. The molecule has 0 bridgehead atoms. The summed E-state index contributed by atoms with van der Waals surface area (Å²) < 4.78 is 16.7. The summed E-state index contributed by atoms with van der Waals surface area (Å²) in [6.07, 6.45) is 68.9. The van der Waals surface area contributed by atoms with Crippen LogP contribution in [0, 0.1) is 0 Å². The Morgan fingerprint density at radius 2 is 0.651 bits per heavy atom. The van der Waals surface area contributed by atoms with Crippen LogP contribution in [0.25, 0.3) is 0 Å². The molecule has 0 radical (unpaired) electrons. The summed E-state index contributed by atoms with van der Waals surface area (Å²) in [5, 5.41) is 0. The second-order valence-corrected chi connectivity index (χ2v) is 16.2. The molecule has 0 heterocycles. The SMILES string of the molecule is CC\C=C/C=C\C=C/C=C\C=C\C=C/C=C\CCCCCC(=O)OCC(COC(=O)CCCCCC/C=C\CCCC)OC(=O)CCCCC/C=C\C=C/CCCCCCCCC. The maximum absolute atomic E-state index is 12.8. The van der Waals surface area contributed by atoms with Gasteiger partial charge in [0.25, 0.3) is 0 Å². The minimum Gasteiger partial charge on any atom is -0.462 e. The van der Waals surface area contributed by atoms with Gasteiger partial charge in [-0.3, -0.25) is 14.4 Å². The number of ether oxygens (including phenoxy) is 3. The first-order valence-electron chi connectivity index (χ1n) is 25.2. The van der Waals surface area contributed by atoms with Crippen molar-refractivity contribution in [3.63, 3.8) is 0 Å². The highest BCUT2D eigenvalue weighted by Crippen LogP contribution is 2.12. The van der Waals surface area contributed by atoms with Crippen molar-refractivity contribution in [2.45, 2.75) is 207 Å². The molecule has 0 aliphatic heterocycles. The summed E-state index contributed by atoms with van der Waals surface area (Å²) in [7, 11) is 0. The van der Waals surface area contributed by atoms with Gasteiger partial charge in [-0.1, -0.05) is 219 Å². The Labute approximate surface area is 386 Å². The average Bonchev–Trinajstić information content (AvgIpc) is 3.28. The minimum atomic E-state index is -0.818. The maximum atomic E-state index is 12.8. The smallest absolute Gasteiger partial charge is 0.306 e. The summed E-state index contributed by atoms with van der Waals surface area (Å²) >= 11 is 0. The van der Waals surface area contributed by atoms with Crippen molar-refractivity contribution < 1.29 is 28.6 Å². The number of hydrogen-bond acceptors (Lipinski definition) is 6. The normalized spacial score (nSPS) is 13.1. The van der Waals surface area contributed by atoms with Crippen LogP contribution in [0.5, 0.6) is 0 Å². The zero-order valence-corrected chi connectivity index (χ0v) is 40.3. The van der Waals surface area contributed by atoms with E-state index < -0.39 is 6.10 Å². The third-order valence-corrected chi connectivity index (χ3v) is 10.1. The summed E-state index contributed by atoms with van der Waals surface area (Å²) in [4.78, 5) is 37.9. The molecule has 0 aromatic rings. The third kappa shape index (κ3) is 48.7. The Hall–Kier alpha value is -4.19. The number of carbonyl (C=O) groups excluding carboxylic acids is 3. The van der Waals surface area contributed by atoms with Gasteiger partial charge in [0.1, 0.15) is 13.2 Å². The second-order valence-electron chi connectivity index (χ2n) is 16.2. The van der Waals surface area contributed by atoms with Crippen LogP contribution in [-0.2, 0) is 28.6 Å². The summed E-state index contributed by atoms with van der Waals surface area (Å²) in [6, 6.07) is 0. The first kappa shape index (κ1) is 58.8. The Kier molecular flexibility index (Phi) is 47.1. The van der Waals surface area contributed by atoms with Crippen LogP contribution in [0.15, 0.2) is 122 Å².